The summed E-state index contributed by atoms with van der Waals surface area (Å²) in [7, 11) is 0. The van der Waals surface area contributed by atoms with E-state index < -0.39 is 0 Å². The van der Waals surface area contributed by atoms with Crippen molar-refractivity contribution in [3.05, 3.63) is 28.3 Å². The monoisotopic (exact) mass is 309 g/mol. The highest BCUT2D eigenvalue weighted by atomic mass is 35.5. The van der Waals surface area contributed by atoms with Crippen LogP contribution < -0.4 is 4.90 Å². The average Bonchev–Trinajstić information content (AvgIpc) is 3.22. The predicted molar refractivity (Wildman–Crippen MR) is 87.0 cm³/mol. The number of amides is 1. The molecule has 0 saturated heterocycles. The Bertz CT molecular complexity index is 524. The molecule has 0 aliphatic heterocycles. The largest absolute Gasteiger partial charge is 0.360 e. The Hall–Kier alpha value is -1.06. The second-order valence-electron chi connectivity index (χ2n) is 6.16. The lowest BCUT2D eigenvalue weighted by Gasteiger charge is -2.27. The molecule has 2 rings (SSSR count). The van der Waals surface area contributed by atoms with E-state index in [1.807, 2.05) is 19.1 Å². The molecule has 0 heterocycles. The van der Waals surface area contributed by atoms with Crippen molar-refractivity contribution >= 4 is 23.2 Å². The Morgan fingerprint density at radius 3 is 2.62 bits per heavy atom. The van der Waals surface area contributed by atoms with Crippen molar-refractivity contribution in [1.29, 1.82) is 0 Å². The molecule has 0 spiro atoms. The minimum absolute atomic E-state index is 0.0157. The molecular weight excluding hydrogens is 286 g/mol. The molecule has 0 radical (unpaired) electrons. The highest BCUT2D eigenvalue weighted by molar-refractivity contribution is 6.31. The number of anilines is 1. The van der Waals surface area contributed by atoms with Crippen molar-refractivity contribution in [1.82, 2.24) is 0 Å². The summed E-state index contributed by atoms with van der Waals surface area (Å²) in [5.41, 5.74) is 2.97. The molecule has 1 aromatic rings. The van der Waals surface area contributed by atoms with Crippen LogP contribution in [0.4, 0.5) is 5.69 Å². The van der Waals surface area contributed by atoms with E-state index in [2.05, 4.69) is 13.8 Å². The van der Waals surface area contributed by atoms with Gasteiger partial charge in [0.1, 0.15) is 6.73 Å². The van der Waals surface area contributed by atoms with Crippen molar-refractivity contribution in [3.8, 4) is 0 Å². The molecule has 0 unspecified atom stereocenters. The van der Waals surface area contributed by atoms with E-state index in [0.29, 0.717) is 23.6 Å². The minimum atomic E-state index is -0.0157. The van der Waals surface area contributed by atoms with Gasteiger partial charge in [-0.15, -0.1) is 0 Å². The number of rotatable bonds is 6. The topological polar surface area (TPSA) is 29.5 Å². The molecule has 1 amide bonds. The molecule has 21 heavy (non-hydrogen) atoms. The van der Waals surface area contributed by atoms with Crippen LogP contribution in [0, 0.1) is 12.8 Å². The van der Waals surface area contributed by atoms with Crippen LogP contribution in [0.2, 0.25) is 5.02 Å². The van der Waals surface area contributed by atoms with Crippen molar-refractivity contribution < 1.29 is 9.53 Å². The van der Waals surface area contributed by atoms with Crippen LogP contribution in [-0.4, -0.2) is 19.2 Å². The fourth-order valence-electron chi connectivity index (χ4n) is 2.43. The molecule has 1 aromatic carbocycles. The van der Waals surface area contributed by atoms with Gasteiger partial charge in [-0.3, -0.25) is 9.69 Å². The van der Waals surface area contributed by atoms with Crippen LogP contribution in [0.25, 0.3) is 0 Å². The maximum Gasteiger partial charge on any atom is 0.225 e. The number of hydrogen-bond donors (Lipinski definition) is 0. The smallest absolute Gasteiger partial charge is 0.225 e. The zero-order valence-corrected chi connectivity index (χ0v) is 14.0. The standard InChI is InChI=1S/C17H24ClNO2/c1-11(2)15-7-8-16(18)12(3)17(15)19(13(4)20)10-21-9-14-5-6-14/h7-8,11,14H,5-6,9-10H2,1-4H3. The summed E-state index contributed by atoms with van der Waals surface area (Å²) in [6, 6.07) is 3.91. The molecule has 1 aliphatic carbocycles. The van der Waals surface area contributed by atoms with Gasteiger partial charge < -0.3 is 4.74 Å². The summed E-state index contributed by atoms with van der Waals surface area (Å²) < 4.78 is 5.73. The summed E-state index contributed by atoms with van der Waals surface area (Å²) >= 11 is 6.25. The fourth-order valence-corrected chi connectivity index (χ4v) is 2.58. The summed E-state index contributed by atoms with van der Waals surface area (Å²) in [4.78, 5) is 13.8. The number of carbonyl (C=O) groups is 1. The van der Waals surface area contributed by atoms with Gasteiger partial charge in [-0.1, -0.05) is 31.5 Å². The van der Waals surface area contributed by atoms with Crippen molar-refractivity contribution in [2.75, 3.05) is 18.2 Å². The third-order valence-corrected chi connectivity index (χ3v) is 4.35. The lowest BCUT2D eigenvalue weighted by atomic mass is 9.97. The van der Waals surface area contributed by atoms with Gasteiger partial charge in [-0.25, -0.2) is 0 Å². The Balaban J connectivity index is 2.28. The first-order chi connectivity index (χ1) is 9.91. The Morgan fingerprint density at radius 1 is 1.43 bits per heavy atom. The first kappa shape index (κ1) is 16.3. The van der Waals surface area contributed by atoms with Crippen LogP contribution in [0.3, 0.4) is 0 Å². The summed E-state index contributed by atoms with van der Waals surface area (Å²) in [6.45, 7) is 8.81. The van der Waals surface area contributed by atoms with Gasteiger partial charge in [0.15, 0.2) is 0 Å². The normalized spacial score (nSPS) is 14.6. The van der Waals surface area contributed by atoms with Gasteiger partial charge in [-0.05, 0) is 48.8 Å². The molecule has 0 aromatic heterocycles. The minimum Gasteiger partial charge on any atom is -0.360 e. The molecule has 116 valence electrons. The number of benzene rings is 1. The molecule has 0 atom stereocenters. The number of hydrogen-bond acceptors (Lipinski definition) is 2. The number of carbonyl (C=O) groups excluding carboxylic acids is 1. The van der Waals surface area contributed by atoms with Gasteiger partial charge >= 0.3 is 0 Å². The maximum atomic E-state index is 12.1. The van der Waals surface area contributed by atoms with Crippen molar-refractivity contribution in [2.24, 2.45) is 5.92 Å². The lowest BCUT2D eigenvalue weighted by molar-refractivity contribution is -0.117. The number of nitrogens with zero attached hydrogens (tertiary/aromatic N) is 1. The lowest BCUT2D eigenvalue weighted by Crippen LogP contribution is -2.33. The number of halogens is 1. The van der Waals surface area contributed by atoms with Crippen LogP contribution in [-0.2, 0) is 9.53 Å². The van der Waals surface area contributed by atoms with Gasteiger partial charge in [-0.2, -0.15) is 0 Å². The van der Waals surface area contributed by atoms with Gasteiger partial charge in [0.2, 0.25) is 5.91 Å². The van der Waals surface area contributed by atoms with E-state index in [-0.39, 0.29) is 5.91 Å². The highest BCUT2D eigenvalue weighted by Gasteiger charge is 2.24. The second kappa shape index (κ2) is 6.80. The van der Waals surface area contributed by atoms with Crippen molar-refractivity contribution in [3.63, 3.8) is 0 Å². The van der Waals surface area contributed by atoms with Gasteiger partial charge in [0.25, 0.3) is 0 Å². The highest BCUT2D eigenvalue weighted by Crippen LogP contribution is 2.35. The van der Waals surface area contributed by atoms with Gasteiger partial charge in [0, 0.05) is 11.9 Å². The van der Waals surface area contributed by atoms with E-state index in [4.69, 9.17) is 16.3 Å². The van der Waals surface area contributed by atoms with Gasteiger partial charge in [0.05, 0.1) is 12.3 Å². The summed E-state index contributed by atoms with van der Waals surface area (Å²) in [6.07, 6.45) is 2.49. The first-order valence-electron chi connectivity index (χ1n) is 7.56. The number of ether oxygens (including phenoxy) is 1. The predicted octanol–water partition coefficient (Wildman–Crippen LogP) is 4.51. The third kappa shape index (κ3) is 3.98. The van der Waals surface area contributed by atoms with Crippen LogP contribution >= 0.6 is 11.6 Å². The molecular formula is C17H24ClNO2. The molecule has 4 heteroatoms. The molecule has 1 fully saturated rings. The third-order valence-electron chi connectivity index (χ3n) is 3.94. The van der Waals surface area contributed by atoms with Crippen molar-refractivity contribution in [2.45, 2.75) is 46.5 Å². The molecule has 0 bridgehead atoms. The van der Waals surface area contributed by atoms with E-state index >= 15 is 0 Å². The molecule has 1 saturated carbocycles. The van der Waals surface area contributed by atoms with Crippen LogP contribution in [0.1, 0.15) is 50.7 Å². The zero-order chi connectivity index (χ0) is 15.6. The Kier molecular flexibility index (Phi) is 5.28. The second-order valence-corrected chi connectivity index (χ2v) is 6.56. The summed E-state index contributed by atoms with van der Waals surface area (Å²) in [5, 5.41) is 0.683. The van der Waals surface area contributed by atoms with E-state index in [0.717, 1.165) is 23.4 Å². The summed E-state index contributed by atoms with van der Waals surface area (Å²) in [5.74, 6) is 0.989. The quantitative estimate of drug-likeness (QED) is 0.724. The Morgan fingerprint density at radius 2 is 2.10 bits per heavy atom. The molecule has 0 N–H and O–H groups in total. The van der Waals surface area contributed by atoms with E-state index in [1.165, 1.54) is 12.8 Å². The SMILES string of the molecule is CC(=O)N(COCC1CC1)c1c(C(C)C)ccc(Cl)c1C. The maximum absolute atomic E-state index is 12.1. The van der Waals surface area contributed by atoms with E-state index in [9.17, 15) is 4.79 Å². The van der Waals surface area contributed by atoms with Crippen LogP contribution in [0.5, 0.6) is 0 Å². The molecule has 1 aliphatic rings. The van der Waals surface area contributed by atoms with Crippen LogP contribution in [0.15, 0.2) is 12.1 Å². The fraction of sp³-hybridized carbons (Fsp3) is 0.588. The van der Waals surface area contributed by atoms with E-state index in [1.54, 1.807) is 11.8 Å². The Labute approximate surface area is 132 Å². The zero-order valence-electron chi connectivity index (χ0n) is 13.3. The average molecular weight is 310 g/mol. The molecule has 3 nitrogen and oxygen atoms in total. The first-order valence-corrected chi connectivity index (χ1v) is 7.94.